The molecular formula is C16H30N2O3. The van der Waals surface area contributed by atoms with E-state index in [1.807, 2.05) is 0 Å². The molecule has 0 bridgehead atoms. The number of hydrogen-bond donors (Lipinski definition) is 3. The predicted octanol–water partition coefficient (Wildman–Crippen LogP) is 3.00. The smallest absolute Gasteiger partial charge is 0.314 e. The summed E-state index contributed by atoms with van der Waals surface area (Å²) in [6.45, 7) is 5.56. The summed E-state index contributed by atoms with van der Waals surface area (Å²) in [5.41, 5.74) is 0. The molecule has 1 atom stereocenters. The summed E-state index contributed by atoms with van der Waals surface area (Å²) < 4.78 is 0. The highest BCUT2D eigenvalue weighted by Gasteiger charge is 2.20. The summed E-state index contributed by atoms with van der Waals surface area (Å²) in [6, 6.07) is -0.105. The van der Waals surface area contributed by atoms with Gasteiger partial charge in [-0.25, -0.2) is 4.79 Å². The van der Waals surface area contributed by atoms with E-state index < -0.39 is 5.97 Å². The van der Waals surface area contributed by atoms with Gasteiger partial charge in [-0.05, 0) is 43.4 Å². The molecule has 2 amide bonds. The third-order valence-corrected chi connectivity index (χ3v) is 4.24. The Balaban J connectivity index is 2.04. The highest BCUT2D eigenvalue weighted by atomic mass is 16.4. The van der Waals surface area contributed by atoms with E-state index in [1.54, 1.807) is 0 Å². The fourth-order valence-electron chi connectivity index (χ4n) is 2.55. The van der Waals surface area contributed by atoms with E-state index in [1.165, 1.54) is 19.3 Å². The Morgan fingerprint density at radius 2 is 1.81 bits per heavy atom. The van der Waals surface area contributed by atoms with Crippen LogP contribution in [0.5, 0.6) is 0 Å². The number of rotatable bonds is 11. The first kappa shape index (κ1) is 17.8. The Hall–Kier alpha value is -1.26. The van der Waals surface area contributed by atoms with Crippen LogP contribution in [0, 0.1) is 17.8 Å². The van der Waals surface area contributed by atoms with Crippen LogP contribution in [-0.2, 0) is 4.79 Å². The number of carbonyl (C=O) groups excluding carboxylic acids is 1. The van der Waals surface area contributed by atoms with E-state index in [4.69, 9.17) is 5.11 Å². The molecule has 0 aliphatic heterocycles. The first-order chi connectivity index (χ1) is 9.99. The normalized spacial score (nSPS) is 15.8. The highest BCUT2D eigenvalue weighted by molar-refractivity contribution is 5.73. The van der Waals surface area contributed by atoms with Crippen molar-refractivity contribution < 1.29 is 14.7 Å². The lowest BCUT2D eigenvalue weighted by atomic mass is 9.88. The summed E-state index contributed by atoms with van der Waals surface area (Å²) in [5, 5.41) is 14.5. The topological polar surface area (TPSA) is 78.4 Å². The molecule has 21 heavy (non-hydrogen) atoms. The highest BCUT2D eigenvalue weighted by Crippen LogP contribution is 2.33. The first-order valence-electron chi connectivity index (χ1n) is 8.22. The van der Waals surface area contributed by atoms with Crippen LogP contribution < -0.4 is 10.6 Å². The van der Waals surface area contributed by atoms with Gasteiger partial charge in [-0.1, -0.05) is 26.7 Å². The maximum absolute atomic E-state index is 11.6. The molecule has 1 aliphatic carbocycles. The molecule has 1 fully saturated rings. The quantitative estimate of drug-likeness (QED) is 0.513. The van der Waals surface area contributed by atoms with Crippen LogP contribution in [0.3, 0.4) is 0 Å². The predicted molar refractivity (Wildman–Crippen MR) is 83.2 cm³/mol. The van der Waals surface area contributed by atoms with Crippen LogP contribution in [0.4, 0.5) is 4.79 Å². The maximum Gasteiger partial charge on any atom is 0.314 e. The standard InChI is InChI=1S/C16H30N2O3/c1-12(2)14(7-8-15(19)20)9-11-18-16(21)17-10-3-4-13-5-6-13/h12-14H,3-11H2,1-2H3,(H,19,20)(H2,17,18,21). The minimum Gasteiger partial charge on any atom is -0.481 e. The summed E-state index contributed by atoms with van der Waals surface area (Å²) >= 11 is 0. The summed E-state index contributed by atoms with van der Waals surface area (Å²) in [7, 11) is 0. The molecule has 122 valence electrons. The number of hydrogen-bond acceptors (Lipinski definition) is 2. The molecule has 5 heteroatoms. The fourth-order valence-corrected chi connectivity index (χ4v) is 2.55. The van der Waals surface area contributed by atoms with Crippen molar-refractivity contribution in [1.82, 2.24) is 10.6 Å². The van der Waals surface area contributed by atoms with E-state index in [0.29, 0.717) is 24.8 Å². The molecule has 0 spiro atoms. The van der Waals surface area contributed by atoms with Crippen LogP contribution in [-0.4, -0.2) is 30.2 Å². The lowest BCUT2D eigenvalue weighted by molar-refractivity contribution is -0.137. The maximum atomic E-state index is 11.6. The third kappa shape index (κ3) is 9.32. The van der Waals surface area contributed by atoms with E-state index >= 15 is 0 Å². The Labute approximate surface area is 127 Å². The van der Waals surface area contributed by atoms with Gasteiger partial charge in [0.15, 0.2) is 0 Å². The molecule has 0 heterocycles. The zero-order chi connectivity index (χ0) is 15.7. The number of aliphatic carboxylic acids is 1. The Morgan fingerprint density at radius 3 is 2.38 bits per heavy atom. The SMILES string of the molecule is CC(C)C(CCNC(=O)NCCCC1CC1)CCC(=O)O. The molecule has 1 aliphatic rings. The number of carboxylic acids is 1. The van der Waals surface area contributed by atoms with Gasteiger partial charge in [0, 0.05) is 19.5 Å². The molecule has 1 rings (SSSR count). The van der Waals surface area contributed by atoms with Gasteiger partial charge < -0.3 is 15.7 Å². The molecule has 5 nitrogen and oxygen atoms in total. The molecule has 1 saturated carbocycles. The van der Waals surface area contributed by atoms with Crippen molar-refractivity contribution in [2.75, 3.05) is 13.1 Å². The van der Waals surface area contributed by atoms with E-state index in [2.05, 4.69) is 24.5 Å². The van der Waals surface area contributed by atoms with Crippen LogP contribution in [0.15, 0.2) is 0 Å². The molecule has 0 aromatic heterocycles. The van der Waals surface area contributed by atoms with E-state index in [9.17, 15) is 9.59 Å². The molecule has 0 aromatic rings. The lowest BCUT2D eigenvalue weighted by Gasteiger charge is -2.20. The van der Waals surface area contributed by atoms with Crippen LogP contribution in [0.1, 0.15) is 58.8 Å². The Morgan fingerprint density at radius 1 is 1.14 bits per heavy atom. The van der Waals surface area contributed by atoms with Crippen LogP contribution in [0.2, 0.25) is 0 Å². The second-order valence-electron chi connectivity index (χ2n) is 6.49. The molecular weight excluding hydrogens is 268 g/mol. The second-order valence-corrected chi connectivity index (χ2v) is 6.49. The molecule has 0 radical (unpaired) electrons. The van der Waals surface area contributed by atoms with Crippen molar-refractivity contribution in [3.63, 3.8) is 0 Å². The van der Waals surface area contributed by atoms with Crippen molar-refractivity contribution in [3.05, 3.63) is 0 Å². The Bertz CT molecular complexity index is 327. The van der Waals surface area contributed by atoms with Gasteiger partial charge in [0.2, 0.25) is 0 Å². The third-order valence-electron chi connectivity index (χ3n) is 4.24. The summed E-state index contributed by atoms with van der Waals surface area (Å²) in [5.74, 6) is 0.946. The fraction of sp³-hybridized carbons (Fsp3) is 0.875. The van der Waals surface area contributed by atoms with Crippen LogP contribution in [0.25, 0.3) is 0 Å². The van der Waals surface area contributed by atoms with E-state index in [-0.39, 0.29) is 12.5 Å². The monoisotopic (exact) mass is 298 g/mol. The summed E-state index contributed by atoms with van der Waals surface area (Å²) in [4.78, 5) is 22.2. The first-order valence-corrected chi connectivity index (χ1v) is 8.22. The van der Waals surface area contributed by atoms with Gasteiger partial charge in [0.25, 0.3) is 0 Å². The number of amides is 2. The number of carbonyl (C=O) groups is 2. The van der Waals surface area contributed by atoms with Gasteiger partial charge in [-0.2, -0.15) is 0 Å². The average molecular weight is 298 g/mol. The largest absolute Gasteiger partial charge is 0.481 e. The van der Waals surface area contributed by atoms with Gasteiger partial charge in [0.1, 0.15) is 0 Å². The number of carboxylic acid groups (broad SMARTS) is 1. The molecule has 1 unspecified atom stereocenters. The lowest BCUT2D eigenvalue weighted by Crippen LogP contribution is -2.37. The minimum absolute atomic E-state index is 0.105. The van der Waals surface area contributed by atoms with Crippen molar-refractivity contribution in [3.8, 4) is 0 Å². The number of nitrogens with one attached hydrogen (secondary N) is 2. The molecule has 3 N–H and O–H groups in total. The van der Waals surface area contributed by atoms with Crippen molar-refractivity contribution in [2.24, 2.45) is 17.8 Å². The average Bonchev–Trinajstić information content (AvgIpc) is 3.22. The molecule has 0 saturated heterocycles. The van der Waals surface area contributed by atoms with Crippen molar-refractivity contribution in [1.29, 1.82) is 0 Å². The van der Waals surface area contributed by atoms with Gasteiger partial charge >= 0.3 is 12.0 Å². The second kappa shape index (κ2) is 9.64. The van der Waals surface area contributed by atoms with E-state index in [0.717, 1.165) is 25.3 Å². The van der Waals surface area contributed by atoms with Gasteiger partial charge in [-0.3, -0.25) is 4.79 Å². The molecule has 0 aromatic carbocycles. The van der Waals surface area contributed by atoms with Crippen molar-refractivity contribution >= 4 is 12.0 Å². The van der Waals surface area contributed by atoms with Crippen LogP contribution >= 0.6 is 0 Å². The van der Waals surface area contributed by atoms with Gasteiger partial charge in [0.05, 0.1) is 0 Å². The Kier molecular flexibility index (Phi) is 8.16. The van der Waals surface area contributed by atoms with Gasteiger partial charge in [-0.15, -0.1) is 0 Å². The number of urea groups is 1. The summed E-state index contributed by atoms with van der Waals surface area (Å²) in [6.07, 6.45) is 6.73. The zero-order valence-corrected chi connectivity index (χ0v) is 13.4. The zero-order valence-electron chi connectivity index (χ0n) is 13.4. The minimum atomic E-state index is -0.748. The van der Waals surface area contributed by atoms with Crippen molar-refractivity contribution in [2.45, 2.75) is 58.8 Å².